The Morgan fingerprint density at radius 1 is 1.33 bits per heavy atom. The quantitative estimate of drug-likeness (QED) is 0.689. The van der Waals surface area contributed by atoms with E-state index in [1.165, 1.54) is 7.11 Å². The zero-order valence-corrected chi connectivity index (χ0v) is 14.2. The van der Waals surface area contributed by atoms with Crippen molar-refractivity contribution in [1.82, 2.24) is 14.7 Å². The van der Waals surface area contributed by atoms with Crippen molar-refractivity contribution >= 4 is 17.0 Å². The van der Waals surface area contributed by atoms with Crippen molar-refractivity contribution in [1.29, 1.82) is 0 Å². The highest BCUT2D eigenvalue weighted by atomic mass is 16.5. The van der Waals surface area contributed by atoms with Crippen molar-refractivity contribution in [3.63, 3.8) is 0 Å². The van der Waals surface area contributed by atoms with Gasteiger partial charge in [-0.25, -0.2) is 9.78 Å². The second-order valence-electron chi connectivity index (χ2n) is 6.39. The molecule has 6 nitrogen and oxygen atoms in total. The summed E-state index contributed by atoms with van der Waals surface area (Å²) in [6, 6.07) is 3.87. The molecular weight excluding hydrogens is 306 g/mol. The minimum atomic E-state index is -0.381. The second-order valence-corrected chi connectivity index (χ2v) is 6.39. The summed E-state index contributed by atoms with van der Waals surface area (Å²) < 4.78 is 12.3. The predicted molar refractivity (Wildman–Crippen MR) is 89.0 cm³/mol. The molecule has 0 radical (unpaired) electrons. The summed E-state index contributed by atoms with van der Waals surface area (Å²) in [5, 5.41) is 4.02. The van der Waals surface area contributed by atoms with E-state index < -0.39 is 0 Å². The van der Waals surface area contributed by atoms with Crippen LogP contribution in [-0.4, -0.2) is 27.8 Å². The summed E-state index contributed by atoms with van der Waals surface area (Å²) in [7, 11) is 3.39. The largest absolute Gasteiger partial charge is 0.465 e. The molecule has 1 fully saturated rings. The van der Waals surface area contributed by atoms with Gasteiger partial charge in [0, 0.05) is 18.5 Å². The first kappa shape index (κ1) is 14.9. The number of carbonyl (C=O) groups is 1. The van der Waals surface area contributed by atoms with Crippen molar-refractivity contribution in [2.24, 2.45) is 7.05 Å². The molecule has 1 saturated carbocycles. The van der Waals surface area contributed by atoms with E-state index in [9.17, 15) is 4.79 Å². The standard InChI is InChI=1S/C18H19N3O3/c1-9-15(10(2)24-20-9)12-7-13(18(22)23-4)16-14(8-12)21(3)17(19-16)11-5-6-11/h7-8,11H,5-6H2,1-4H3. The highest BCUT2D eigenvalue weighted by Crippen LogP contribution is 2.41. The first-order chi connectivity index (χ1) is 11.5. The average Bonchev–Trinajstić information content (AvgIpc) is 3.29. The van der Waals surface area contributed by atoms with Crippen LogP contribution < -0.4 is 0 Å². The molecule has 2 aromatic heterocycles. The summed E-state index contributed by atoms with van der Waals surface area (Å²) in [4.78, 5) is 17.0. The Kier molecular flexibility index (Phi) is 3.23. The van der Waals surface area contributed by atoms with Crippen LogP contribution in [0.25, 0.3) is 22.2 Å². The van der Waals surface area contributed by atoms with Crippen LogP contribution in [0.4, 0.5) is 0 Å². The third-order valence-corrected chi connectivity index (χ3v) is 4.69. The summed E-state index contributed by atoms with van der Waals surface area (Å²) in [6.07, 6.45) is 2.31. The highest BCUT2D eigenvalue weighted by molar-refractivity contribution is 6.04. The number of carbonyl (C=O) groups excluding carboxylic acids is 1. The maximum Gasteiger partial charge on any atom is 0.340 e. The van der Waals surface area contributed by atoms with Crippen LogP contribution in [0.3, 0.4) is 0 Å². The molecule has 6 heteroatoms. The highest BCUT2D eigenvalue weighted by Gasteiger charge is 2.30. The van der Waals surface area contributed by atoms with Gasteiger partial charge in [0.25, 0.3) is 0 Å². The molecule has 1 aliphatic carbocycles. The Bertz CT molecular complexity index is 944. The number of rotatable bonds is 3. The Hall–Kier alpha value is -2.63. The normalized spacial score (nSPS) is 14.3. The van der Waals surface area contributed by atoms with E-state index in [0.29, 0.717) is 17.0 Å². The SMILES string of the molecule is COC(=O)c1cc(-c2c(C)noc2C)cc2c1nc(C1CC1)n2C. The lowest BCUT2D eigenvalue weighted by Gasteiger charge is -2.07. The van der Waals surface area contributed by atoms with Gasteiger partial charge in [-0.3, -0.25) is 0 Å². The number of nitrogens with zero attached hydrogens (tertiary/aromatic N) is 3. The fraction of sp³-hybridized carbons (Fsp3) is 0.389. The van der Waals surface area contributed by atoms with Crippen molar-refractivity contribution in [3.8, 4) is 11.1 Å². The number of ether oxygens (including phenoxy) is 1. The monoisotopic (exact) mass is 325 g/mol. The molecule has 0 saturated heterocycles. The maximum absolute atomic E-state index is 12.3. The zero-order chi connectivity index (χ0) is 17.0. The lowest BCUT2D eigenvalue weighted by atomic mass is 10.0. The molecule has 4 rings (SSSR count). The lowest BCUT2D eigenvalue weighted by Crippen LogP contribution is -2.03. The topological polar surface area (TPSA) is 70.2 Å². The summed E-state index contributed by atoms with van der Waals surface area (Å²) in [5.41, 5.74) is 4.71. The number of benzene rings is 1. The van der Waals surface area contributed by atoms with Gasteiger partial charge >= 0.3 is 5.97 Å². The van der Waals surface area contributed by atoms with E-state index in [2.05, 4.69) is 9.72 Å². The number of imidazole rings is 1. The van der Waals surface area contributed by atoms with Gasteiger partial charge in [0.15, 0.2) is 0 Å². The van der Waals surface area contributed by atoms with Gasteiger partial charge < -0.3 is 13.8 Å². The first-order valence-electron chi connectivity index (χ1n) is 8.03. The molecule has 0 aliphatic heterocycles. The molecule has 3 aromatic rings. The van der Waals surface area contributed by atoms with E-state index in [4.69, 9.17) is 14.2 Å². The fourth-order valence-electron chi connectivity index (χ4n) is 3.32. The molecule has 0 unspecified atom stereocenters. The number of aromatic nitrogens is 3. The fourth-order valence-corrected chi connectivity index (χ4v) is 3.32. The van der Waals surface area contributed by atoms with Crippen LogP contribution in [0.5, 0.6) is 0 Å². The zero-order valence-electron chi connectivity index (χ0n) is 14.2. The number of hydrogen-bond donors (Lipinski definition) is 0. The third kappa shape index (κ3) is 2.13. The summed E-state index contributed by atoms with van der Waals surface area (Å²) in [5.74, 6) is 1.88. The molecule has 124 valence electrons. The van der Waals surface area contributed by atoms with E-state index in [0.717, 1.165) is 46.8 Å². The Morgan fingerprint density at radius 3 is 2.67 bits per heavy atom. The van der Waals surface area contributed by atoms with Crippen molar-refractivity contribution < 1.29 is 14.1 Å². The van der Waals surface area contributed by atoms with Crippen LogP contribution in [0.1, 0.15) is 46.4 Å². The molecule has 2 heterocycles. The Morgan fingerprint density at radius 2 is 2.08 bits per heavy atom. The maximum atomic E-state index is 12.3. The minimum absolute atomic E-state index is 0.381. The van der Waals surface area contributed by atoms with E-state index in [-0.39, 0.29) is 5.97 Å². The Labute approximate surface area is 139 Å². The molecule has 0 spiro atoms. The van der Waals surface area contributed by atoms with Gasteiger partial charge in [-0.05, 0) is 44.4 Å². The van der Waals surface area contributed by atoms with Crippen LogP contribution in [0, 0.1) is 13.8 Å². The number of aryl methyl sites for hydroxylation is 3. The number of esters is 1. The smallest absolute Gasteiger partial charge is 0.340 e. The lowest BCUT2D eigenvalue weighted by molar-refractivity contribution is 0.0603. The van der Waals surface area contributed by atoms with Crippen molar-refractivity contribution in [2.75, 3.05) is 7.11 Å². The molecule has 1 aromatic carbocycles. The van der Waals surface area contributed by atoms with Crippen molar-refractivity contribution in [3.05, 3.63) is 35.0 Å². The van der Waals surface area contributed by atoms with E-state index in [1.807, 2.05) is 33.0 Å². The molecule has 1 aliphatic rings. The van der Waals surface area contributed by atoms with Gasteiger partial charge in [0.05, 0.1) is 23.9 Å². The number of hydrogen-bond acceptors (Lipinski definition) is 5. The van der Waals surface area contributed by atoms with Crippen LogP contribution >= 0.6 is 0 Å². The molecule has 0 amide bonds. The third-order valence-electron chi connectivity index (χ3n) is 4.69. The van der Waals surface area contributed by atoms with Gasteiger partial charge in [0.2, 0.25) is 0 Å². The molecule has 0 atom stereocenters. The molecule has 0 N–H and O–H groups in total. The predicted octanol–water partition coefficient (Wildman–Crippen LogP) is 3.51. The second kappa shape index (κ2) is 5.19. The molecular formula is C18H19N3O3. The van der Waals surface area contributed by atoms with Crippen molar-refractivity contribution in [2.45, 2.75) is 32.6 Å². The van der Waals surface area contributed by atoms with Crippen LogP contribution in [0.2, 0.25) is 0 Å². The summed E-state index contributed by atoms with van der Waals surface area (Å²) >= 11 is 0. The van der Waals surface area contributed by atoms with Gasteiger partial charge in [-0.1, -0.05) is 5.16 Å². The number of fused-ring (bicyclic) bond motifs is 1. The van der Waals surface area contributed by atoms with Gasteiger partial charge in [-0.15, -0.1) is 0 Å². The minimum Gasteiger partial charge on any atom is -0.465 e. The van der Waals surface area contributed by atoms with E-state index >= 15 is 0 Å². The van der Waals surface area contributed by atoms with Gasteiger partial charge in [0.1, 0.15) is 17.1 Å². The summed E-state index contributed by atoms with van der Waals surface area (Å²) in [6.45, 7) is 3.77. The van der Waals surface area contributed by atoms with Crippen LogP contribution in [0.15, 0.2) is 16.7 Å². The molecule has 24 heavy (non-hydrogen) atoms. The van der Waals surface area contributed by atoms with Crippen LogP contribution in [-0.2, 0) is 11.8 Å². The Balaban J connectivity index is 2.02. The first-order valence-corrected chi connectivity index (χ1v) is 8.03. The van der Waals surface area contributed by atoms with E-state index in [1.54, 1.807) is 0 Å². The molecule has 0 bridgehead atoms. The average molecular weight is 325 g/mol. The van der Waals surface area contributed by atoms with Gasteiger partial charge in [-0.2, -0.15) is 0 Å². The number of methoxy groups -OCH3 is 1.